The van der Waals surface area contributed by atoms with Gasteiger partial charge in [-0.25, -0.2) is 0 Å². The second-order valence-corrected chi connectivity index (χ2v) is 5.27. The van der Waals surface area contributed by atoms with Crippen LogP contribution in [0.3, 0.4) is 0 Å². The van der Waals surface area contributed by atoms with Crippen molar-refractivity contribution < 1.29 is 14.3 Å². The fourth-order valence-electron chi connectivity index (χ4n) is 2.40. The van der Waals surface area contributed by atoms with Crippen molar-refractivity contribution in [2.75, 3.05) is 26.2 Å². The summed E-state index contributed by atoms with van der Waals surface area (Å²) in [5.74, 6) is -0.226. The molecule has 21 heavy (non-hydrogen) atoms. The lowest BCUT2D eigenvalue weighted by Crippen LogP contribution is -2.48. The van der Waals surface area contributed by atoms with Crippen molar-refractivity contribution in [3.8, 4) is 0 Å². The van der Waals surface area contributed by atoms with Crippen molar-refractivity contribution in [2.45, 2.75) is 25.9 Å². The normalized spacial score (nSPS) is 18.3. The van der Waals surface area contributed by atoms with Crippen LogP contribution in [0.5, 0.6) is 0 Å². The molecule has 1 saturated heterocycles. The Labute approximate surface area is 125 Å². The van der Waals surface area contributed by atoms with E-state index in [1.807, 2.05) is 18.2 Å². The number of nitrogens with zero attached hydrogens (tertiary/aromatic N) is 1. The Morgan fingerprint density at radius 1 is 1.33 bits per heavy atom. The van der Waals surface area contributed by atoms with E-state index < -0.39 is 0 Å². The average Bonchev–Trinajstić information content (AvgIpc) is 2.52. The third kappa shape index (κ3) is 5.19. The van der Waals surface area contributed by atoms with E-state index in [0.717, 1.165) is 12.8 Å². The SMILES string of the molecule is CC(=O)NCC(=O)N1CCOC(CCc2ccccc2)C1. The van der Waals surface area contributed by atoms with Gasteiger partial charge in [0.05, 0.1) is 19.3 Å². The summed E-state index contributed by atoms with van der Waals surface area (Å²) < 4.78 is 5.72. The molecule has 1 atom stereocenters. The Kier molecular flexibility index (Phi) is 5.75. The minimum absolute atomic E-state index is 0.0433. The van der Waals surface area contributed by atoms with Gasteiger partial charge < -0.3 is 15.0 Å². The third-order valence-electron chi connectivity index (χ3n) is 3.58. The molecule has 0 bridgehead atoms. The van der Waals surface area contributed by atoms with Gasteiger partial charge in [-0.05, 0) is 18.4 Å². The molecule has 0 aromatic heterocycles. The van der Waals surface area contributed by atoms with Crippen LogP contribution in [0, 0.1) is 0 Å². The van der Waals surface area contributed by atoms with Gasteiger partial charge in [0, 0.05) is 20.0 Å². The van der Waals surface area contributed by atoms with Gasteiger partial charge in [-0.3, -0.25) is 9.59 Å². The topological polar surface area (TPSA) is 58.6 Å². The van der Waals surface area contributed by atoms with Gasteiger partial charge in [0.2, 0.25) is 11.8 Å². The predicted octanol–water partition coefficient (Wildman–Crippen LogP) is 0.983. The summed E-state index contributed by atoms with van der Waals surface area (Å²) in [7, 11) is 0. The monoisotopic (exact) mass is 290 g/mol. The second-order valence-electron chi connectivity index (χ2n) is 5.27. The van der Waals surface area contributed by atoms with Crippen molar-refractivity contribution in [3.05, 3.63) is 35.9 Å². The molecule has 5 heteroatoms. The number of hydrogen-bond acceptors (Lipinski definition) is 3. The molecule has 1 fully saturated rings. The van der Waals surface area contributed by atoms with Gasteiger partial charge >= 0.3 is 0 Å². The molecule has 1 aliphatic heterocycles. The standard InChI is InChI=1S/C16H22N2O3/c1-13(19)17-11-16(20)18-9-10-21-15(12-18)8-7-14-5-3-2-4-6-14/h2-6,15H,7-12H2,1H3,(H,17,19). The fourth-order valence-corrected chi connectivity index (χ4v) is 2.40. The molecule has 0 aliphatic carbocycles. The zero-order valence-electron chi connectivity index (χ0n) is 12.4. The van der Waals surface area contributed by atoms with Crippen LogP contribution in [-0.2, 0) is 20.7 Å². The Hall–Kier alpha value is -1.88. The molecule has 2 rings (SSSR count). The van der Waals surface area contributed by atoms with Crippen molar-refractivity contribution in [2.24, 2.45) is 0 Å². The van der Waals surface area contributed by atoms with Crippen LogP contribution < -0.4 is 5.32 Å². The molecule has 114 valence electrons. The van der Waals surface area contributed by atoms with Gasteiger partial charge in [0.1, 0.15) is 0 Å². The lowest BCUT2D eigenvalue weighted by atomic mass is 10.1. The average molecular weight is 290 g/mol. The number of amides is 2. The molecule has 1 aliphatic rings. The van der Waals surface area contributed by atoms with Crippen LogP contribution in [0.15, 0.2) is 30.3 Å². The number of carbonyl (C=O) groups is 2. The minimum atomic E-state index is -0.183. The van der Waals surface area contributed by atoms with E-state index in [1.165, 1.54) is 12.5 Å². The van der Waals surface area contributed by atoms with Crippen LogP contribution >= 0.6 is 0 Å². The maximum absolute atomic E-state index is 12.0. The smallest absolute Gasteiger partial charge is 0.242 e. The summed E-state index contributed by atoms with van der Waals surface area (Å²) in [6.07, 6.45) is 1.91. The Balaban J connectivity index is 1.77. The molecule has 0 spiro atoms. The summed E-state index contributed by atoms with van der Waals surface area (Å²) >= 11 is 0. The molecular weight excluding hydrogens is 268 g/mol. The number of carbonyl (C=O) groups excluding carboxylic acids is 2. The first kappa shape index (κ1) is 15.5. The van der Waals surface area contributed by atoms with E-state index in [2.05, 4.69) is 17.4 Å². The molecule has 1 heterocycles. The second kappa shape index (κ2) is 7.78. The van der Waals surface area contributed by atoms with E-state index >= 15 is 0 Å². The summed E-state index contributed by atoms with van der Waals surface area (Å²) in [6, 6.07) is 10.3. The fraction of sp³-hybridized carbons (Fsp3) is 0.500. The van der Waals surface area contributed by atoms with Crippen molar-refractivity contribution in [1.82, 2.24) is 10.2 Å². The number of aryl methyl sites for hydroxylation is 1. The number of ether oxygens (including phenoxy) is 1. The molecule has 0 saturated carbocycles. The largest absolute Gasteiger partial charge is 0.375 e. The number of rotatable bonds is 5. The maximum Gasteiger partial charge on any atom is 0.242 e. The number of benzene rings is 1. The first-order chi connectivity index (χ1) is 10.1. The van der Waals surface area contributed by atoms with Crippen LogP contribution in [0.1, 0.15) is 18.9 Å². The summed E-state index contributed by atoms with van der Waals surface area (Å²) in [5.41, 5.74) is 1.28. The maximum atomic E-state index is 12.0. The van der Waals surface area contributed by atoms with Gasteiger partial charge in [-0.1, -0.05) is 30.3 Å². The first-order valence-electron chi connectivity index (χ1n) is 7.33. The summed E-state index contributed by atoms with van der Waals surface area (Å²) in [6.45, 7) is 3.24. The number of nitrogens with one attached hydrogen (secondary N) is 1. The van der Waals surface area contributed by atoms with Gasteiger partial charge in [0.25, 0.3) is 0 Å². The Morgan fingerprint density at radius 2 is 2.10 bits per heavy atom. The quantitative estimate of drug-likeness (QED) is 0.879. The first-order valence-corrected chi connectivity index (χ1v) is 7.33. The zero-order valence-corrected chi connectivity index (χ0v) is 12.4. The van der Waals surface area contributed by atoms with Gasteiger partial charge in [0.15, 0.2) is 0 Å². The predicted molar refractivity (Wildman–Crippen MR) is 79.8 cm³/mol. The summed E-state index contributed by atoms with van der Waals surface area (Å²) in [5, 5.41) is 2.54. The molecule has 2 amide bonds. The van der Waals surface area contributed by atoms with E-state index in [0.29, 0.717) is 19.7 Å². The molecule has 5 nitrogen and oxygen atoms in total. The van der Waals surface area contributed by atoms with Crippen molar-refractivity contribution in [1.29, 1.82) is 0 Å². The van der Waals surface area contributed by atoms with E-state index in [1.54, 1.807) is 4.90 Å². The number of morpholine rings is 1. The van der Waals surface area contributed by atoms with E-state index in [4.69, 9.17) is 4.74 Å². The zero-order chi connectivity index (χ0) is 15.1. The summed E-state index contributed by atoms with van der Waals surface area (Å²) in [4.78, 5) is 24.6. The molecule has 1 aromatic carbocycles. The van der Waals surface area contributed by atoms with Gasteiger partial charge in [-0.2, -0.15) is 0 Å². The van der Waals surface area contributed by atoms with Crippen LogP contribution in [0.25, 0.3) is 0 Å². The molecule has 0 radical (unpaired) electrons. The minimum Gasteiger partial charge on any atom is -0.375 e. The van der Waals surface area contributed by atoms with E-state index in [9.17, 15) is 9.59 Å². The highest BCUT2D eigenvalue weighted by atomic mass is 16.5. The highest BCUT2D eigenvalue weighted by molar-refractivity contribution is 5.83. The molecule has 1 aromatic rings. The van der Waals surface area contributed by atoms with E-state index in [-0.39, 0.29) is 24.5 Å². The highest BCUT2D eigenvalue weighted by Gasteiger charge is 2.23. The number of hydrogen-bond donors (Lipinski definition) is 1. The van der Waals surface area contributed by atoms with Crippen LogP contribution in [-0.4, -0.2) is 49.1 Å². The lowest BCUT2D eigenvalue weighted by Gasteiger charge is -2.33. The third-order valence-corrected chi connectivity index (χ3v) is 3.58. The van der Waals surface area contributed by atoms with Crippen LogP contribution in [0.4, 0.5) is 0 Å². The van der Waals surface area contributed by atoms with Crippen molar-refractivity contribution >= 4 is 11.8 Å². The van der Waals surface area contributed by atoms with Crippen molar-refractivity contribution in [3.63, 3.8) is 0 Å². The van der Waals surface area contributed by atoms with Gasteiger partial charge in [-0.15, -0.1) is 0 Å². The molecule has 1 unspecified atom stereocenters. The lowest BCUT2D eigenvalue weighted by molar-refractivity contribution is -0.139. The highest BCUT2D eigenvalue weighted by Crippen LogP contribution is 2.12. The Morgan fingerprint density at radius 3 is 2.81 bits per heavy atom. The molecule has 1 N–H and O–H groups in total. The van der Waals surface area contributed by atoms with Crippen LogP contribution in [0.2, 0.25) is 0 Å². The Bertz CT molecular complexity index is 476. The molecular formula is C16H22N2O3.